The van der Waals surface area contributed by atoms with Gasteiger partial charge in [-0.05, 0) is 30.7 Å². The van der Waals surface area contributed by atoms with Gasteiger partial charge in [-0.1, -0.05) is 36.4 Å². The molecule has 1 aliphatic heterocycles. The fourth-order valence-corrected chi connectivity index (χ4v) is 3.19. The number of hydrogen-bond donors (Lipinski definition) is 1. The van der Waals surface area contributed by atoms with Crippen LogP contribution in [0, 0.1) is 6.92 Å². The van der Waals surface area contributed by atoms with Gasteiger partial charge >= 0.3 is 0 Å². The first kappa shape index (κ1) is 17.0. The van der Waals surface area contributed by atoms with Crippen molar-refractivity contribution in [3.05, 3.63) is 66.5 Å². The van der Waals surface area contributed by atoms with Gasteiger partial charge in [0.2, 0.25) is 0 Å². The number of nitrogens with one attached hydrogen (secondary N) is 1. The van der Waals surface area contributed by atoms with Crippen LogP contribution in [0.25, 0.3) is 10.9 Å². The second-order valence-corrected chi connectivity index (χ2v) is 6.41. The zero-order valence-electron chi connectivity index (χ0n) is 15.1. The van der Waals surface area contributed by atoms with Crippen LogP contribution in [-0.4, -0.2) is 29.0 Å². The second kappa shape index (κ2) is 7.07. The first-order valence-electron chi connectivity index (χ1n) is 8.81. The Labute approximate surface area is 157 Å². The lowest BCUT2D eigenvalue weighted by Gasteiger charge is -2.29. The molecule has 0 spiro atoms. The van der Waals surface area contributed by atoms with Crippen LogP contribution in [0.3, 0.4) is 0 Å². The number of hydrogen-bond acceptors (Lipinski definition) is 5. The fourth-order valence-electron chi connectivity index (χ4n) is 3.19. The summed E-state index contributed by atoms with van der Waals surface area (Å²) >= 11 is 0. The molecule has 0 bridgehead atoms. The summed E-state index contributed by atoms with van der Waals surface area (Å²) in [7, 11) is 0. The van der Waals surface area contributed by atoms with E-state index in [2.05, 4.69) is 53.1 Å². The first-order valence-corrected chi connectivity index (χ1v) is 8.81. The molecule has 27 heavy (non-hydrogen) atoms. The Morgan fingerprint density at radius 3 is 2.85 bits per heavy atom. The lowest BCUT2D eigenvalue weighted by molar-refractivity contribution is -0.114. The highest BCUT2D eigenvalue weighted by molar-refractivity contribution is 6.07. The van der Waals surface area contributed by atoms with Crippen molar-refractivity contribution >= 4 is 28.3 Å². The summed E-state index contributed by atoms with van der Waals surface area (Å²) in [5.41, 5.74) is 3.86. The van der Waals surface area contributed by atoms with Crippen LogP contribution in [-0.2, 0) is 11.3 Å². The highest BCUT2D eigenvalue weighted by Gasteiger charge is 2.25. The molecule has 3 aromatic rings. The van der Waals surface area contributed by atoms with Gasteiger partial charge in [-0.2, -0.15) is 0 Å². The van der Waals surface area contributed by atoms with Crippen molar-refractivity contribution in [1.29, 1.82) is 0 Å². The topological polar surface area (TPSA) is 67.4 Å². The predicted octanol–water partition coefficient (Wildman–Crippen LogP) is 3.46. The molecule has 1 aliphatic rings. The largest absolute Gasteiger partial charge is 0.489 e. The molecule has 0 fully saturated rings. The highest BCUT2D eigenvalue weighted by atomic mass is 16.5. The molecule has 0 aliphatic carbocycles. The van der Waals surface area contributed by atoms with E-state index < -0.39 is 0 Å². The van der Waals surface area contributed by atoms with Crippen molar-refractivity contribution < 1.29 is 9.53 Å². The van der Waals surface area contributed by atoms with E-state index in [9.17, 15) is 4.79 Å². The molecule has 1 N–H and O–H groups in total. The van der Waals surface area contributed by atoms with Crippen molar-refractivity contribution in [2.75, 3.05) is 23.4 Å². The van der Waals surface area contributed by atoms with E-state index in [1.165, 1.54) is 18.0 Å². The van der Waals surface area contributed by atoms with Crippen LogP contribution in [0.4, 0.5) is 11.5 Å². The molecule has 4 rings (SSSR count). The van der Waals surface area contributed by atoms with E-state index in [0.717, 1.165) is 16.5 Å². The number of rotatable bonds is 4. The Bertz CT molecular complexity index is 1010. The number of fused-ring (bicyclic) bond motifs is 3. The van der Waals surface area contributed by atoms with Crippen molar-refractivity contribution in [2.45, 2.75) is 13.5 Å². The Kier molecular flexibility index (Phi) is 4.46. The number of aryl methyl sites for hydroxylation is 1. The number of carbonyl (C=O) groups is 1. The maximum atomic E-state index is 12.2. The standard InChI is InChI=1S/C21H20N4O2/c1-3-18(26)25-10-11-27-20-17(25)9-8-16-19(20)21(24-13-23-16)22-12-15-6-4-14(2)5-7-15/h3-9,13H,1,10-12H2,2H3,(H,22,23,24). The average Bonchev–Trinajstić information content (AvgIpc) is 2.72. The molecule has 0 atom stereocenters. The molecule has 0 unspecified atom stereocenters. The van der Waals surface area contributed by atoms with E-state index in [-0.39, 0.29) is 5.91 Å². The molecule has 2 aromatic carbocycles. The van der Waals surface area contributed by atoms with Crippen molar-refractivity contribution in [1.82, 2.24) is 9.97 Å². The van der Waals surface area contributed by atoms with Gasteiger partial charge in [-0.25, -0.2) is 9.97 Å². The van der Waals surface area contributed by atoms with E-state index >= 15 is 0 Å². The molecular weight excluding hydrogens is 340 g/mol. The SMILES string of the molecule is C=CC(=O)N1CCOc2c1ccc1ncnc(NCc3ccc(C)cc3)c21. The second-order valence-electron chi connectivity index (χ2n) is 6.41. The minimum absolute atomic E-state index is 0.148. The summed E-state index contributed by atoms with van der Waals surface area (Å²) in [5, 5.41) is 4.16. The molecule has 6 heteroatoms. The van der Waals surface area contributed by atoms with Crippen LogP contribution in [0.2, 0.25) is 0 Å². The number of carbonyl (C=O) groups excluding carboxylic acids is 1. The lowest BCUT2D eigenvalue weighted by atomic mass is 10.1. The van der Waals surface area contributed by atoms with Crippen molar-refractivity contribution in [3.8, 4) is 5.75 Å². The van der Waals surface area contributed by atoms with Crippen LogP contribution in [0.15, 0.2) is 55.4 Å². The van der Waals surface area contributed by atoms with Crippen LogP contribution < -0.4 is 15.0 Å². The Morgan fingerprint density at radius 1 is 1.26 bits per heavy atom. The lowest BCUT2D eigenvalue weighted by Crippen LogP contribution is -2.36. The Balaban J connectivity index is 1.74. The minimum atomic E-state index is -0.148. The first-order chi connectivity index (χ1) is 13.2. The third-order valence-corrected chi connectivity index (χ3v) is 4.61. The molecular formula is C21H20N4O2. The fraction of sp³-hybridized carbons (Fsp3) is 0.190. The van der Waals surface area contributed by atoms with E-state index in [0.29, 0.717) is 37.0 Å². The zero-order chi connectivity index (χ0) is 18.8. The third kappa shape index (κ3) is 3.21. The molecule has 0 saturated carbocycles. The smallest absolute Gasteiger partial charge is 0.250 e. The Morgan fingerprint density at radius 2 is 2.07 bits per heavy atom. The number of ether oxygens (including phenoxy) is 1. The number of amides is 1. The predicted molar refractivity (Wildman–Crippen MR) is 106 cm³/mol. The van der Waals surface area contributed by atoms with Gasteiger partial charge in [-0.15, -0.1) is 0 Å². The maximum Gasteiger partial charge on any atom is 0.250 e. The molecule has 1 aromatic heterocycles. The molecule has 6 nitrogen and oxygen atoms in total. The van der Waals surface area contributed by atoms with Crippen molar-refractivity contribution in [3.63, 3.8) is 0 Å². The molecule has 0 radical (unpaired) electrons. The molecule has 2 heterocycles. The van der Waals surface area contributed by atoms with Gasteiger partial charge < -0.3 is 15.0 Å². The summed E-state index contributed by atoms with van der Waals surface area (Å²) in [4.78, 5) is 22.6. The summed E-state index contributed by atoms with van der Waals surface area (Å²) < 4.78 is 5.92. The third-order valence-electron chi connectivity index (χ3n) is 4.61. The summed E-state index contributed by atoms with van der Waals surface area (Å²) in [6.45, 7) is 7.19. The number of aromatic nitrogens is 2. The van der Waals surface area contributed by atoms with E-state index in [1.807, 2.05) is 12.1 Å². The number of anilines is 2. The summed E-state index contributed by atoms with van der Waals surface area (Å²) in [6, 6.07) is 12.1. The average molecular weight is 360 g/mol. The van der Waals surface area contributed by atoms with Gasteiger partial charge in [0.15, 0.2) is 5.75 Å². The number of benzene rings is 2. The van der Waals surface area contributed by atoms with Gasteiger partial charge in [-0.3, -0.25) is 4.79 Å². The Hall–Kier alpha value is -3.41. The van der Waals surface area contributed by atoms with Gasteiger partial charge in [0, 0.05) is 6.54 Å². The summed E-state index contributed by atoms with van der Waals surface area (Å²) in [6.07, 6.45) is 2.85. The van der Waals surface area contributed by atoms with Gasteiger partial charge in [0.1, 0.15) is 18.8 Å². The van der Waals surface area contributed by atoms with E-state index in [1.54, 1.807) is 4.90 Å². The monoisotopic (exact) mass is 360 g/mol. The zero-order valence-corrected chi connectivity index (χ0v) is 15.1. The van der Waals surface area contributed by atoms with Crippen LogP contribution >= 0.6 is 0 Å². The van der Waals surface area contributed by atoms with Gasteiger partial charge in [0.25, 0.3) is 5.91 Å². The van der Waals surface area contributed by atoms with Crippen molar-refractivity contribution in [2.24, 2.45) is 0 Å². The van der Waals surface area contributed by atoms with Crippen LogP contribution in [0.1, 0.15) is 11.1 Å². The molecule has 1 amide bonds. The molecule has 0 saturated heterocycles. The quantitative estimate of drug-likeness (QED) is 0.722. The van der Waals surface area contributed by atoms with Gasteiger partial charge in [0.05, 0.1) is 23.1 Å². The normalized spacial score (nSPS) is 13.0. The number of nitrogens with zero attached hydrogens (tertiary/aromatic N) is 3. The maximum absolute atomic E-state index is 12.2. The van der Waals surface area contributed by atoms with E-state index in [4.69, 9.17) is 4.74 Å². The van der Waals surface area contributed by atoms with Crippen LogP contribution in [0.5, 0.6) is 5.75 Å². The summed E-state index contributed by atoms with van der Waals surface area (Å²) in [5.74, 6) is 1.16. The highest BCUT2D eigenvalue weighted by Crippen LogP contribution is 2.40. The minimum Gasteiger partial charge on any atom is -0.489 e. The molecule has 136 valence electrons.